The summed E-state index contributed by atoms with van der Waals surface area (Å²) in [4.78, 5) is 20.6. The molecule has 2 aromatic rings. The van der Waals surface area contributed by atoms with Crippen LogP contribution in [-0.2, 0) is 11.2 Å². The molecule has 0 saturated carbocycles. The molecule has 7 heteroatoms. The van der Waals surface area contributed by atoms with Crippen molar-refractivity contribution in [1.82, 2.24) is 15.3 Å². The Hall–Kier alpha value is -2.54. The van der Waals surface area contributed by atoms with E-state index in [2.05, 4.69) is 20.6 Å². The minimum atomic E-state index is -0.246. The summed E-state index contributed by atoms with van der Waals surface area (Å²) in [6.45, 7) is 3.49. The molecular formula is C18H23FN4O2. The summed E-state index contributed by atoms with van der Waals surface area (Å²) >= 11 is 0. The third-order valence-corrected chi connectivity index (χ3v) is 3.51. The molecule has 2 N–H and O–H groups in total. The number of anilines is 1. The van der Waals surface area contributed by atoms with Gasteiger partial charge in [0.15, 0.2) is 0 Å². The second-order valence-corrected chi connectivity index (χ2v) is 5.59. The molecule has 0 aliphatic heterocycles. The maximum Gasteiger partial charge on any atom is 0.270 e. The lowest BCUT2D eigenvalue weighted by Crippen LogP contribution is -2.26. The van der Waals surface area contributed by atoms with Crippen molar-refractivity contribution < 1.29 is 13.9 Å². The van der Waals surface area contributed by atoms with Crippen molar-refractivity contribution >= 4 is 11.7 Å². The Morgan fingerprint density at radius 3 is 2.68 bits per heavy atom. The fourth-order valence-electron chi connectivity index (χ4n) is 2.27. The standard InChI is InChI=1S/C18H23FN4O2/c1-13-22-16(18(24)21-9-3-11-25-2)12-17(23-13)20-10-8-14-4-6-15(19)7-5-14/h4-7,12H,3,8-11H2,1-2H3,(H,21,24)(H,20,22,23). The minimum Gasteiger partial charge on any atom is -0.385 e. The molecule has 0 unspecified atom stereocenters. The quantitative estimate of drug-likeness (QED) is 0.682. The van der Waals surface area contributed by atoms with Gasteiger partial charge in [-0.1, -0.05) is 12.1 Å². The predicted molar refractivity (Wildman–Crippen MR) is 94.2 cm³/mol. The van der Waals surface area contributed by atoms with Gasteiger partial charge in [-0.25, -0.2) is 14.4 Å². The highest BCUT2D eigenvalue weighted by molar-refractivity contribution is 5.92. The Balaban J connectivity index is 1.89. The molecule has 0 bridgehead atoms. The maximum absolute atomic E-state index is 12.9. The first-order chi connectivity index (χ1) is 12.1. The van der Waals surface area contributed by atoms with Gasteiger partial charge in [0.2, 0.25) is 0 Å². The van der Waals surface area contributed by atoms with Gasteiger partial charge in [-0.2, -0.15) is 0 Å². The fourth-order valence-corrected chi connectivity index (χ4v) is 2.27. The van der Waals surface area contributed by atoms with Crippen LogP contribution < -0.4 is 10.6 Å². The smallest absolute Gasteiger partial charge is 0.270 e. The fraction of sp³-hybridized carbons (Fsp3) is 0.389. The minimum absolute atomic E-state index is 0.233. The molecule has 134 valence electrons. The van der Waals surface area contributed by atoms with E-state index in [9.17, 15) is 9.18 Å². The van der Waals surface area contributed by atoms with Crippen molar-refractivity contribution in [1.29, 1.82) is 0 Å². The van der Waals surface area contributed by atoms with E-state index in [1.54, 1.807) is 32.2 Å². The highest BCUT2D eigenvalue weighted by Gasteiger charge is 2.10. The van der Waals surface area contributed by atoms with Gasteiger partial charge in [0.1, 0.15) is 23.2 Å². The molecule has 1 amide bonds. The number of nitrogens with zero attached hydrogens (tertiary/aromatic N) is 2. The zero-order chi connectivity index (χ0) is 18.1. The average Bonchev–Trinajstić information content (AvgIpc) is 2.60. The van der Waals surface area contributed by atoms with E-state index < -0.39 is 0 Å². The van der Waals surface area contributed by atoms with Crippen LogP contribution >= 0.6 is 0 Å². The Morgan fingerprint density at radius 1 is 1.20 bits per heavy atom. The molecule has 0 fully saturated rings. The number of ether oxygens (including phenoxy) is 1. The van der Waals surface area contributed by atoms with Crippen LogP contribution in [0.4, 0.5) is 10.2 Å². The second-order valence-electron chi connectivity index (χ2n) is 5.59. The van der Waals surface area contributed by atoms with Crippen molar-refractivity contribution in [2.24, 2.45) is 0 Å². The van der Waals surface area contributed by atoms with E-state index in [-0.39, 0.29) is 11.7 Å². The van der Waals surface area contributed by atoms with Gasteiger partial charge in [-0.3, -0.25) is 4.79 Å². The molecule has 25 heavy (non-hydrogen) atoms. The van der Waals surface area contributed by atoms with Gasteiger partial charge in [-0.05, 0) is 37.5 Å². The van der Waals surface area contributed by atoms with Crippen molar-refractivity contribution in [3.8, 4) is 0 Å². The van der Waals surface area contributed by atoms with Crippen molar-refractivity contribution in [2.75, 3.05) is 32.1 Å². The molecule has 0 aliphatic rings. The van der Waals surface area contributed by atoms with E-state index in [0.717, 1.165) is 18.4 Å². The molecule has 0 radical (unpaired) electrons. The molecule has 0 saturated heterocycles. The van der Waals surface area contributed by atoms with E-state index in [0.29, 0.717) is 37.0 Å². The second kappa shape index (κ2) is 9.68. The van der Waals surface area contributed by atoms with Crippen molar-refractivity contribution in [2.45, 2.75) is 19.8 Å². The Kier molecular flexibility index (Phi) is 7.28. The third-order valence-electron chi connectivity index (χ3n) is 3.51. The van der Waals surface area contributed by atoms with Gasteiger partial charge in [-0.15, -0.1) is 0 Å². The molecule has 0 spiro atoms. The number of rotatable bonds is 9. The lowest BCUT2D eigenvalue weighted by molar-refractivity contribution is 0.0943. The topological polar surface area (TPSA) is 76.1 Å². The number of aryl methyl sites for hydroxylation is 1. The number of nitrogens with one attached hydrogen (secondary N) is 2. The van der Waals surface area contributed by atoms with Crippen LogP contribution in [0.5, 0.6) is 0 Å². The van der Waals surface area contributed by atoms with Crippen LogP contribution in [0.1, 0.15) is 28.3 Å². The normalized spacial score (nSPS) is 10.5. The summed E-state index contributed by atoms with van der Waals surface area (Å²) in [5, 5.41) is 5.98. The number of hydrogen-bond acceptors (Lipinski definition) is 5. The molecule has 1 aromatic heterocycles. The van der Waals surface area contributed by atoms with E-state index in [4.69, 9.17) is 4.74 Å². The average molecular weight is 346 g/mol. The first-order valence-corrected chi connectivity index (χ1v) is 8.19. The molecule has 2 rings (SSSR count). The molecule has 0 atom stereocenters. The van der Waals surface area contributed by atoms with Gasteiger partial charge in [0.25, 0.3) is 5.91 Å². The predicted octanol–water partition coefficient (Wildman–Crippen LogP) is 2.35. The van der Waals surface area contributed by atoms with Crippen LogP contribution in [0, 0.1) is 12.7 Å². The number of amides is 1. The van der Waals surface area contributed by atoms with E-state index in [1.807, 2.05) is 0 Å². The summed E-state index contributed by atoms with van der Waals surface area (Å²) in [7, 11) is 1.62. The highest BCUT2D eigenvalue weighted by atomic mass is 19.1. The molecule has 1 aromatic carbocycles. The summed E-state index contributed by atoms with van der Waals surface area (Å²) in [5.74, 6) is 0.637. The lowest BCUT2D eigenvalue weighted by atomic mass is 10.1. The van der Waals surface area contributed by atoms with Crippen LogP contribution in [0.15, 0.2) is 30.3 Å². The summed E-state index contributed by atoms with van der Waals surface area (Å²) in [5.41, 5.74) is 1.35. The largest absolute Gasteiger partial charge is 0.385 e. The van der Waals surface area contributed by atoms with Crippen LogP contribution in [0.2, 0.25) is 0 Å². The maximum atomic E-state index is 12.9. The molecule has 1 heterocycles. The number of carbonyl (C=O) groups excluding carboxylic acids is 1. The molecule has 6 nitrogen and oxygen atoms in total. The Bertz CT molecular complexity index is 692. The number of carbonyl (C=O) groups is 1. The van der Waals surface area contributed by atoms with Crippen molar-refractivity contribution in [3.05, 3.63) is 53.2 Å². The van der Waals surface area contributed by atoms with Crippen LogP contribution in [0.3, 0.4) is 0 Å². The van der Waals surface area contributed by atoms with Gasteiger partial charge >= 0.3 is 0 Å². The number of halogens is 1. The van der Waals surface area contributed by atoms with Gasteiger partial charge in [0, 0.05) is 32.9 Å². The Morgan fingerprint density at radius 2 is 1.96 bits per heavy atom. The third kappa shape index (κ3) is 6.46. The van der Waals surface area contributed by atoms with Gasteiger partial charge < -0.3 is 15.4 Å². The van der Waals surface area contributed by atoms with Crippen LogP contribution in [-0.4, -0.2) is 42.7 Å². The first kappa shape index (κ1) is 18.8. The van der Waals surface area contributed by atoms with Gasteiger partial charge in [0.05, 0.1) is 0 Å². The molecular weight excluding hydrogens is 323 g/mol. The van der Waals surface area contributed by atoms with E-state index >= 15 is 0 Å². The number of aromatic nitrogens is 2. The van der Waals surface area contributed by atoms with Crippen LogP contribution in [0.25, 0.3) is 0 Å². The first-order valence-electron chi connectivity index (χ1n) is 8.19. The molecule has 0 aliphatic carbocycles. The monoisotopic (exact) mass is 346 g/mol. The number of methoxy groups -OCH3 is 1. The number of hydrogen-bond donors (Lipinski definition) is 2. The Labute approximate surface area is 146 Å². The lowest BCUT2D eigenvalue weighted by Gasteiger charge is -2.09. The summed E-state index contributed by atoms with van der Waals surface area (Å²) in [6.07, 6.45) is 1.47. The number of benzene rings is 1. The van der Waals surface area contributed by atoms with Crippen molar-refractivity contribution in [3.63, 3.8) is 0 Å². The summed E-state index contributed by atoms with van der Waals surface area (Å²) < 4.78 is 17.8. The summed E-state index contributed by atoms with van der Waals surface area (Å²) in [6, 6.07) is 8.01. The zero-order valence-electron chi connectivity index (χ0n) is 14.5. The van der Waals surface area contributed by atoms with E-state index in [1.165, 1.54) is 12.1 Å². The highest BCUT2D eigenvalue weighted by Crippen LogP contribution is 2.08. The SMILES string of the molecule is COCCCNC(=O)c1cc(NCCc2ccc(F)cc2)nc(C)n1. The zero-order valence-corrected chi connectivity index (χ0v) is 14.5.